The van der Waals surface area contributed by atoms with Gasteiger partial charge in [-0.15, -0.1) is 11.3 Å². The zero-order valence-electron chi connectivity index (χ0n) is 9.93. The highest BCUT2D eigenvalue weighted by molar-refractivity contribution is 7.20. The van der Waals surface area contributed by atoms with Crippen molar-refractivity contribution < 1.29 is 9.90 Å². The van der Waals surface area contributed by atoms with E-state index in [2.05, 4.69) is 4.98 Å². The molecule has 0 aliphatic heterocycles. The van der Waals surface area contributed by atoms with E-state index in [1.54, 1.807) is 24.3 Å². The molecule has 0 saturated heterocycles. The Morgan fingerprint density at radius 1 is 1.20 bits per heavy atom. The quantitative estimate of drug-likeness (QED) is 0.724. The molecule has 2 aromatic heterocycles. The average molecular weight is 324 g/mol. The summed E-state index contributed by atoms with van der Waals surface area (Å²) in [4.78, 5) is 15.9. The summed E-state index contributed by atoms with van der Waals surface area (Å²) >= 11 is 13.3. The van der Waals surface area contributed by atoms with Crippen LogP contribution in [0.3, 0.4) is 0 Å². The molecule has 2 heterocycles. The van der Waals surface area contributed by atoms with E-state index in [4.69, 9.17) is 23.2 Å². The summed E-state index contributed by atoms with van der Waals surface area (Å²) in [6.07, 6.45) is 0. The summed E-state index contributed by atoms with van der Waals surface area (Å²) in [5, 5.41) is 9.94. The van der Waals surface area contributed by atoms with E-state index >= 15 is 0 Å². The zero-order valence-corrected chi connectivity index (χ0v) is 12.3. The number of carbonyl (C=O) groups is 1. The van der Waals surface area contributed by atoms with Crippen LogP contribution in [0.1, 0.15) is 10.4 Å². The first-order chi connectivity index (χ1) is 9.56. The van der Waals surface area contributed by atoms with Gasteiger partial charge in [0.15, 0.2) is 0 Å². The molecule has 0 bridgehead atoms. The summed E-state index contributed by atoms with van der Waals surface area (Å²) in [5.74, 6) is -0.998. The smallest absolute Gasteiger partial charge is 0.336 e. The van der Waals surface area contributed by atoms with Crippen LogP contribution in [0.4, 0.5) is 0 Å². The van der Waals surface area contributed by atoms with E-state index < -0.39 is 5.97 Å². The molecule has 6 heteroatoms. The largest absolute Gasteiger partial charge is 0.478 e. The van der Waals surface area contributed by atoms with Crippen molar-refractivity contribution >= 4 is 51.4 Å². The van der Waals surface area contributed by atoms with Crippen LogP contribution in [0.25, 0.3) is 22.2 Å². The standard InChI is InChI=1S/C14H7Cl2NO2S/c15-12-6-9(13(16)20-12)11-5-8(14(18)19)7-3-1-2-4-10(7)17-11/h1-6H,(H,18,19). The number of carboxylic acid groups (broad SMARTS) is 1. The second-order valence-electron chi connectivity index (χ2n) is 4.12. The minimum absolute atomic E-state index is 0.198. The molecule has 1 aromatic carbocycles. The molecule has 3 nitrogen and oxygen atoms in total. The molecule has 0 saturated carbocycles. The Morgan fingerprint density at radius 3 is 2.60 bits per heavy atom. The fourth-order valence-electron chi connectivity index (χ4n) is 2.01. The van der Waals surface area contributed by atoms with Gasteiger partial charge in [-0.2, -0.15) is 0 Å². The molecule has 1 N–H and O–H groups in total. The molecule has 0 radical (unpaired) electrons. The minimum atomic E-state index is -0.998. The van der Waals surface area contributed by atoms with E-state index in [-0.39, 0.29) is 5.56 Å². The molecular formula is C14H7Cl2NO2S. The first-order valence-corrected chi connectivity index (χ1v) is 7.22. The Balaban J connectivity index is 2.32. The lowest BCUT2D eigenvalue weighted by molar-refractivity contribution is 0.0699. The summed E-state index contributed by atoms with van der Waals surface area (Å²) in [7, 11) is 0. The number of benzene rings is 1. The third-order valence-corrected chi connectivity index (χ3v) is 4.37. The van der Waals surface area contributed by atoms with Gasteiger partial charge in [0.2, 0.25) is 0 Å². The number of pyridine rings is 1. The predicted octanol–water partition coefficient (Wildman–Crippen LogP) is 4.97. The number of halogens is 2. The summed E-state index contributed by atoms with van der Waals surface area (Å²) in [6, 6.07) is 10.3. The van der Waals surface area contributed by atoms with Crippen molar-refractivity contribution in [2.24, 2.45) is 0 Å². The number of aromatic carboxylic acids is 1. The lowest BCUT2D eigenvalue weighted by Crippen LogP contribution is -2.00. The van der Waals surface area contributed by atoms with Crippen LogP contribution < -0.4 is 0 Å². The summed E-state index contributed by atoms with van der Waals surface area (Å²) in [6.45, 7) is 0. The molecule has 20 heavy (non-hydrogen) atoms. The fraction of sp³-hybridized carbons (Fsp3) is 0. The molecule has 0 spiro atoms. The molecule has 0 amide bonds. The minimum Gasteiger partial charge on any atom is -0.478 e. The first-order valence-electron chi connectivity index (χ1n) is 5.64. The maximum Gasteiger partial charge on any atom is 0.336 e. The van der Waals surface area contributed by atoms with Crippen molar-refractivity contribution in [1.82, 2.24) is 4.98 Å². The van der Waals surface area contributed by atoms with Gasteiger partial charge in [-0.1, -0.05) is 41.4 Å². The molecule has 3 aromatic rings. The average Bonchev–Trinajstić information content (AvgIpc) is 2.76. The second-order valence-corrected chi connectivity index (χ2v) is 6.40. The zero-order chi connectivity index (χ0) is 14.3. The molecule has 0 unspecified atom stereocenters. The molecule has 0 aliphatic carbocycles. The summed E-state index contributed by atoms with van der Waals surface area (Å²) in [5.41, 5.74) is 1.97. The van der Waals surface area contributed by atoms with E-state index in [1.807, 2.05) is 6.07 Å². The van der Waals surface area contributed by atoms with Gasteiger partial charge in [-0.05, 0) is 18.2 Å². The van der Waals surface area contributed by atoms with Gasteiger partial charge in [0.1, 0.15) is 4.34 Å². The van der Waals surface area contributed by atoms with Gasteiger partial charge < -0.3 is 5.11 Å². The van der Waals surface area contributed by atoms with Gasteiger partial charge in [-0.3, -0.25) is 0 Å². The van der Waals surface area contributed by atoms with Crippen LogP contribution in [-0.4, -0.2) is 16.1 Å². The van der Waals surface area contributed by atoms with Gasteiger partial charge in [0, 0.05) is 10.9 Å². The third kappa shape index (κ3) is 2.26. The third-order valence-electron chi connectivity index (χ3n) is 2.88. The van der Waals surface area contributed by atoms with Crippen molar-refractivity contribution in [3.05, 3.63) is 50.6 Å². The molecule has 100 valence electrons. The predicted molar refractivity (Wildman–Crippen MR) is 82.0 cm³/mol. The molecule has 0 aliphatic rings. The van der Waals surface area contributed by atoms with E-state index in [0.29, 0.717) is 30.8 Å². The van der Waals surface area contributed by atoms with Crippen molar-refractivity contribution in [2.75, 3.05) is 0 Å². The number of hydrogen-bond acceptors (Lipinski definition) is 3. The normalized spacial score (nSPS) is 10.9. The van der Waals surface area contributed by atoms with Crippen LogP contribution in [0.2, 0.25) is 8.67 Å². The Labute approximate surface area is 128 Å². The number of fused-ring (bicyclic) bond motifs is 1. The van der Waals surface area contributed by atoms with Gasteiger partial charge in [0.05, 0.1) is 21.1 Å². The monoisotopic (exact) mass is 323 g/mol. The van der Waals surface area contributed by atoms with Gasteiger partial charge in [-0.25, -0.2) is 9.78 Å². The first kappa shape index (κ1) is 13.4. The number of rotatable bonds is 2. The summed E-state index contributed by atoms with van der Waals surface area (Å²) < 4.78 is 1.03. The number of thiophene rings is 1. The fourth-order valence-corrected chi connectivity index (χ4v) is 3.49. The van der Waals surface area contributed by atoms with Crippen LogP contribution in [-0.2, 0) is 0 Å². The topological polar surface area (TPSA) is 50.2 Å². The number of para-hydroxylation sites is 1. The lowest BCUT2D eigenvalue weighted by atomic mass is 10.1. The van der Waals surface area contributed by atoms with Crippen molar-refractivity contribution in [2.45, 2.75) is 0 Å². The highest BCUT2D eigenvalue weighted by atomic mass is 35.5. The maximum absolute atomic E-state index is 11.4. The van der Waals surface area contributed by atoms with Crippen molar-refractivity contribution in [3.8, 4) is 11.3 Å². The number of aromatic nitrogens is 1. The van der Waals surface area contributed by atoms with Gasteiger partial charge in [0.25, 0.3) is 0 Å². The lowest BCUT2D eigenvalue weighted by Gasteiger charge is -2.06. The van der Waals surface area contributed by atoms with Crippen LogP contribution in [0, 0.1) is 0 Å². The SMILES string of the molecule is O=C(O)c1cc(-c2cc(Cl)sc2Cl)nc2ccccc12. The Bertz CT molecular complexity index is 829. The van der Waals surface area contributed by atoms with E-state index in [9.17, 15) is 9.90 Å². The van der Waals surface area contributed by atoms with Crippen LogP contribution in [0.5, 0.6) is 0 Å². The van der Waals surface area contributed by atoms with Gasteiger partial charge >= 0.3 is 5.97 Å². The maximum atomic E-state index is 11.4. The Hall–Kier alpha value is -1.62. The van der Waals surface area contributed by atoms with Crippen LogP contribution in [0.15, 0.2) is 36.4 Å². The molecule has 0 fully saturated rings. The van der Waals surface area contributed by atoms with Crippen molar-refractivity contribution in [3.63, 3.8) is 0 Å². The second kappa shape index (κ2) is 5.05. The number of hydrogen-bond donors (Lipinski definition) is 1. The van der Waals surface area contributed by atoms with Crippen molar-refractivity contribution in [1.29, 1.82) is 0 Å². The highest BCUT2D eigenvalue weighted by Crippen LogP contribution is 2.38. The van der Waals surface area contributed by atoms with Crippen LogP contribution >= 0.6 is 34.5 Å². The molecule has 3 rings (SSSR count). The Kier molecular flexibility index (Phi) is 3.38. The molecule has 0 atom stereocenters. The number of nitrogens with zero attached hydrogens (tertiary/aromatic N) is 1. The van der Waals surface area contributed by atoms with E-state index in [0.717, 1.165) is 0 Å². The highest BCUT2D eigenvalue weighted by Gasteiger charge is 2.15. The molecular weight excluding hydrogens is 317 g/mol. The van der Waals surface area contributed by atoms with E-state index in [1.165, 1.54) is 17.4 Å². The number of carboxylic acids is 1. The Morgan fingerprint density at radius 2 is 1.95 bits per heavy atom.